The smallest absolute Gasteiger partial charge is 0.206 e. The molecule has 2 N–H and O–H groups in total. The molecule has 2 heterocycles. The van der Waals surface area contributed by atoms with Gasteiger partial charge in [0.25, 0.3) is 0 Å². The minimum Gasteiger partial charge on any atom is -0.394 e. The Hall–Kier alpha value is -2.30. The highest BCUT2D eigenvalue weighted by atomic mass is 19.1. The van der Waals surface area contributed by atoms with Crippen molar-refractivity contribution < 1.29 is 8.91 Å². The first-order valence-electron chi connectivity index (χ1n) is 5.13. The van der Waals surface area contributed by atoms with Crippen LogP contribution in [0.4, 0.5) is 10.1 Å². The summed E-state index contributed by atoms with van der Waals surface area (Å²) >= 11 is 0. The molecule has 0 aliphatic rings. The van der Waals surface area contributed by atoms with Gasteiger partial charge in [0.1, 0.15) is 11.5 Å². The molecule has 4 nitrogen and oxygen atoms in total. The molecule has 1 aromatic carbocycles. The molecule has 0 saturated heterocycles. The Morgan fingerprint density at radius 3 is 2.88 bits per heavy atom. The highest BCUT2D eigenvalue weighted by Crippen LogP contribution is 2.31. The molecule has 0 aliphatic carbocycles. The first-order valence-corrected chi connectivity index (χ1v) is 5.13. The van der Waals surface area contributed by atoms with Gasteiger partial charge < -0.3 is 14.8 Å². The number of halogens is 1. The number of fused-ring (bicyclic) bond motifs is 1. The van der Waals surface area contributed by atoms with E-state index in [1.54, 1.807) is 12.1 Å². The Morgan fingerprint density at radius 2 is 2.24 bits per heavy atom. The topological polar surface area (TPSA) is 57.0 Å². The lowest BCUT2D eigenvalue weighted by molar-refractivity contribution is 0.430. The average molecular weight is 231 g/mol. The lowest BCUT2D eigenvalue weighted by Crippen LogP contribution is -1.92. The molecule has 0 amide bonds. The fraction of sp³-hybridized carbons (Fsp3) is 0.0833. The van der Waals surface area contributed by atoms with E-state index in [2.05, 4.69) is 5.16 Å². The third kappa shape index (κ3) is 1.32. The summed E-state index contributed by atoms with van der Waals surface area (Å²) in [6.07, 6.45) is 1.43. The maximum absolute atomic E-state index is 13.6. The van der Waals surface area contributed by atoms with Gasteiger partial charge in [-0.25, -0.2) is 4.39 Å². The zero-order valence-corrected chi connectivity index (χ0v) is 9.14. The average Bonchev–Trinajstić information content (AvgIpc) is 2.85. The third-order valence-corrected chi connectivity index (χ3v) is 2.86. The van der Waals surface area contributed by atoms with Crippen LogP contribution in [0.25, 0.3) is 22.4 Å². The molecule has 3 rings (SSSR count). The van der Waals surface area contributed by atoms with E-state index in [-0.39, 0.29) is 5.82 Å². The van der Waals surface area contributed by atoms with Crippen LogP contribution in [0.1, 0.15) is 0 Å². The molecule has 2 aromatic heterocycles. The number of aryl methyl sites for hydroxylation is 1. The summed E-state index contributed by atoms with van der Waals surface area (Å²) in [5.74, 6) is 0.200. The molecule has 86 valence electrons. The maximum Gasteiger partial charge on any atom is 0.206 e. The SMILES string of the molecule is Cn1c(-c2oncc2N)cc2c(F)cccc21. The lowest BCUT2D eigenvalue weighted by Gasteiger charge is -2.00. The van der Waals surface area contributed by atoms with Gasteiger partial charge in [-0.15, -0.1) is 0 Å². The summed E-state index contributed by atoms with van der Waals surface area (Å²) in [5.41, 5.74) is 7.68. The summed E-state index contributed by atoms with van der Waals surface area (Å²) in [5, 5.41) is 4.17. The van der Waals surface area contributed by atoms with E-state index in [0.717, 1.165) is 5.52 Å². The summed E-state index contributed by atoms with van der Waals surface area (Å²) in [6.45, 7) is 0. The molecule has 0 bridgehead atoms. The van der Waals surface area contributed by atoms with Crippen molar-refractivity contribution in [1.82, 2.24) is 9.72 Å². The molecule has 0 unspecified atom stereocenters. The molecule has 0 aliphatic heterocycles. The van der Waals surface area contributed by atoms with Crippen LogP contribution in [0.5, 0.6) is 0 Å². The van der Waals surface area contributed by atoms with E-state index < -0.39 is 0 Å². The van der Waals surface area contributed by atoms with E-state index in [0.29, 0.717) is 22.5 Å². The van der Waals surface area contributed by atoms with Crippen molar-refractivity contribution in [3.8, 4) is 11.5 Å². The van der Waals surface area contributed by atoms with Crippen molar-refractivity contribution in [3.05, 3.63) is 36.3 Å². The predicted octanol–water partition coefficient (Wildman–Crippen LogP) is 2.55. The summed E-state index contributed by atoms with van der Waals surface area (Å²) in [7, 11) is 1.83. The van der Waals surface area contributed by atoms with Crippen LogP contribution < -0.4 is 5.73 Å². The zero-order chi connectivity index (χ0) is 12.0. The van der Waals surface area contributed by atoms with Gasteiger partial charge in [0.15, 0.2) is 0 Å². The number of hydrogen-bond acceptors (Lipinski definition) is 3. The zero-order valence-electron chi connectivity index (χ0n) is 9.14. The van der Waals surface area contributed by atoms with Crippen molar-refractivity contribution in [2.75, 3.05) is 5.73 Å². The summed E-state index contributed by atoms with van der Waals surface area (Å²) < 4.78 is 20.5. The minimum absolute atomic E-state index is 0.262. The first kappa shape index (κ1) is 9.89. The standard InChI is InChI=1S/C12H10FN3O/c1-16-10-4-2-3-8(13)7(10)5-11(16)12-9(14)6-15-17-12/h2-6H,14H2,1H3. The van der Waals surface area contributed by atoms with Crippen LogP contribution in [0.3, 0.4) is 0 Å². The van der Waals surface area contributed by atoms with Crippen molar-refractivity contribution in [1.29, 1.82) is 0 Å². The van der Waals surface area contributed by atoms with Crippen LogP contribution >= 0.6 is 0 Å². The number of nitrogens with two attached hydrogens (primary N) is 1. The Balaban J connectivity index is 2.36. The van der Waals surface area contributed by atoms with E-state index in [1.807, 2.05) is 17.7 Å². The molecule has 0 spiro atoms. The molecular formula is C12H10FN3O. The number of benzene rings is 1. The number of nitrogen functional groups attached to an aromatic ring is 1. The van der Waals surface area contributed by atoms with Crippen LogP contribution in [0, 0.1) is 5.82 Å². The van der Waals surface area contributed by atoms with Crippen LogP contribution in [-0.4, -0.2) is 9.72 Å². The Labute approximate surface area is 96.4 Å². The number of anilines is 1. The summed E-state index contributed by atoms with van der Waals surface area (Å²) in [4.78, 5) is 0. The van der Waals surface area contributed by atoms with Gasteiger partial charge in [0, 0.05) is 12.4 Å². The van der Waals surface area contributed by atoms with Crippen molar-refractivity contribution in [2.24, 2.45) is 7.05 Å². The van der Waals surface area contributed by atoms with Crippen molar-refractivity contribution in [2.45, 2.75) is 0 Å². The largest absolute Gasteiger partial charge is 0.394 e. The molecular weight excluding hydrogens is 221 g/mol. The number of rotatable bonds is 1. The van der Waals surface area contributed by atoms with Gasteiger partial charge >= 0.3 is 0 Å². The molecule has 3 aromatic rings. The van der Waals surface area contributed by atoms with Crippen LogP contribution in [0.15, 0.2) is 35.0 Å². The quantitative estimate of drug-likeness (QED) is 0.700. The molecule has 17 heavy (non-hydrogen) atoms. The third-order valence-electron chi connectivity index (χ3n) is 2.86. The molecule has 0 saturated carbocycles. The van der Waals surface area contributed by atoms with Gasteiger partial charge in [-0.3, -0.25) is 0 Å². The summed E-state index contributed by atoms with van der Waals surface area (Å²) in [6, 6.07) is 6.65. The van der Waals surface area contributed by atoms with E-state index >= 15 is 0 Å². The van der Waals surface area contributed by atoms with Crippen molar-refractivity contribution >= 4 is 16.6 Å². The van der Waals surface area contributed by atoms with Gasteiger partial charge in [-0.1, -0.05) is 11.2 Å². The number of aromatic nitrogens is 2. The highest BCUT2D eigenvalue weighted by molar-refractivity contribution is 5.88. The van der Waals surface area contributed by atoms with E-state index in [4.69, 9.17) is 10.3 Å². The Kier molecular flexibility index (Phi) is 1.95. The lowest BCUT2D eigenvalue weighted by atomic mass is 10.2. The Morgan fingerprint density at radius 1 is 1.41 bits per heavy atom. The van der Waals surface area contributed by atoms with Crippen LogP contribution in [-0.2, 0) is 7.05 Å². The van der Waals surface area contributed by atoms with E-state index in [9.17, 15) is 4.39 Å². The fourth-order valence-corrected chi connectivity index (χ4v) is 1.98. The first-order chi connectivity index (χ1) is 8.18. The normalized spacial score (nSPS) is 11.2. The Bertz CT molecular complexity index is 699. The van der Waals surface area contributed by atoms with Gasteiger partial charge in [-0.2, -0.15) is 0 Å². The second-order valence-corrected chi connectivity index (χ2v) is 3.87. The van der Waals surface area contributed by atoms with Gasteiger partial charge in [0.2, 0.25) is 5.76 Å². The molecule has 5 heteroatoms. The molecule has 0 fully saturated rings. The molecule has 0 atom stereocenters. The van der Waals surface area contributed by atoms with Crippen LogP contribution in [0.2, 0.25) is 0 Å². The maximum atomic E-state index is 13.6. The predicted molar refractivity (Wildman–Crippen MR) is 62.8 cm³/mol. The van der Waals surface area contributed by atoms with Gasteiger partial charge in [0.05, 0.1) is 17.4 Å². The van der Waals surface area contributed by atoms with Gasteiger partial charge in [-0.05, 0) is 18.2 Å². The fourth-order valence-electron chi connectivity index (χ4n) is 1.98. The second kappa shape index (κ2) is 3.35. The number of nitrogens with zero attached hydrogens (tertiary/aromatic N) is 2. The number of hydrogen-bond donors (Lipinski definition) is 1. The van der Waals surface area contributed by atoms with Crippen molar-refractivity contribution in [3.63, 3.8) is 0 Å². The minimum atomic E-state index is -0.262. The van der Waals surface area contributed by atoms with E-state index in [1.165, 1.54) is 12.3 Å². The highest BCUT2D eigenvalue weighted by Gasteiger charge is 2.15. The second-order valence-electron chi connectivity index (χ2n) is 3.87. The molecule has 0 radical (unpaired) electrons. The monoisotopic (exact) mass is 231 g/mol.